The van der Waals surface area contributed by atoms with Crippen molar-refractivity contribution >= 4 is 17.4 Å². The molecule has 7 nitrogen and oxygen atoms in total. The monoisotopic (exact) mass is 380 g/mol. The van der Waals surface area contributed by atoms with Crippen molar-refractivity contribution in [2.24, 2.45) is 23.9 Å². The molecule has 4 atom stereocenters. The van der Waals surface area contributed by atoms with E-state index in [1.54, 1.807) is 14.1 Å². The molecule has 7 heteroatoms. The molecule has 2 heterocycles. The number of carbonyl (C=O) groups is 2. The molecule has 1 N–H and O–H groups in total. The van der Waals surface area contributed by atoms with E-state index in [-0.39, 0.29) is 11.7 Å². The van der Waals surface area contributed by atoms with Gasteiger partial charge in [0.05, 0.1) is 17.5 Å². The van der Waals surface area contributed by atoms with Crippen molar-refractivity contribution in [1.29, 1.82) is 0 Å². The summed E-state index contributed by atoms with van der Waals surface area (Å²) in [6.07, 6.45) is -0.873. The highest BCUT2D eigenvalue weighted by molar-refractivity contribution is 6.19. The molecule has 2 aromatic rings. The quantitative estimate of drug-likeness (QED) is 0.845. The van der Waals surface area contributed by atoms with Gasteiger partial charge in [-0.25, -0.2) is 4.98 Å². The summed E-state index contributed by atoms with van der Waals surface area (Å²) in [5, 5.41) is 10.8. The summed E-state index contributed by atoms with van der Waals surface area (Å²) in [5.74, 6) is -1.05. The number of aromatic nitrogens is 2. The van der Waals surface area contributed by atoms with Gasteiger partial charge < -0.3 is 14.6 Å². The summed E-state index contributed by atoms with van der Waals surface area (Å²) in [6, 6.07) is 8.60. The normalized spacial score (nSPS) is 26.3. The molecule has 0 saturated heterocycles. The number of imidazole rings is 1. The molecule has 28 heavy (non-hydrogen) atoms. The van der Waals surface area contributed by atoms with Crippen molar-refractivity contribution in [2.45, 2.75) is 25.5 Å². The second-order valence-electron chi connectivity index (χ2n) is 7.75. The molecule has 0 spiro atoms. The first-order valence-corrected chi connectivity index (χ1v) is 9.39. The van der Waals surface area contributed by atoms with Crippen molar-refractivity contribution in [3.05, 3.63) is 53.1 Å². The van der Waals surface area contributed by atoms with Crippen LogP contribution in [0.15, 0.2) is 35.3 Å². The molecular formula is C21H24N4O3. The van der Waals surface area contributed by atoms with E-state index in [4.69, 9.17) is 4.99 Å². The molecule has 2 aliphatic rings. The highest BCUT2D eigenvalue weighted by Crippen LogP contribution is 2.40. The van der Waals surface area contributed by atoms with Gasteiger partial charge in [0.1, 0.15) is 23.7 Å². The third kappa shape index (κ3) is 2.69. The fourth-order valence-electron chi connectivity index (χ4n) is 4.26. The van der Waals surface area contributed by atoms with Crippen molar-refractivity contribution in [3.8, 4) is 0 Å². The van der Waals surface area contributed by atoms with Crippen LogP contribution < -0.4 is 0 Å². The Morgan fingerprint density at radius 3 is 2.57 bits per heavy atom. The zero-order valence-corrected chi connectivity index (χ0v) is 16.5. The molecule has 0 fully saturated rings. The predicted octanol–water partition coefficient (Wildman–Crippen LogP) is 1.08. The molecular weight excluding hydrogens is 356 g/mol. The number of aliphatic hydroxyl groups excluding tert-OH is 1. The number of carbonyl (C=O) groups excluding carboxylic acids is 2. The van der Waals surface area contributed by atoms with E-state index in [0.717, 1.165) is 17.1 Å². The Kier molecular flexibility index (Phi) is 4.42. The molecule has 1 aliphatic heterocycles. The lowest BCUT2D eigenvalue weighted by Gasteiger charge is -2.38. The minimum atomic E-state index is -1.28. The van der Waals surface area contributed by atoms with E-state index in [1.807, 2.05) is 48.9 Å². The van der Waals surface area contributed by atoms with Gasteiger partial charge in [-0.2, -0.15) is 0 Å². The number of Topliss-reactive ketones (excluding diaryl/α,β-unsaturated/α-hetero) is 1. The van der Waals surface area contributed by atoms with Gasteiger partial charge in [0.2, 0.25) is 5.91 Å². The third-order valence-corrected chi connectivity index (χ3v) is 5.86. The van der Waals surface area contributed by atoms with E-state index in [1.165, 1.54) is 4.90 Å². The van der Waals surface area contributed by atoms with Gasteiger partial charge in [0, 0.05) is 33.3 Å². The maximum absolute atomic E-state index is 13.2. The van der Waals surface area contributed by atoms with Gasteiger partial charge in [-0.05, 0) is 12.5 Å². The van der Waals surface area contributed by atoms with Gasteiger partial charge in [-0.3, -0.25) is 14.6 Å². The van der Waals surface area contributed by atoms with Crippen LogP contribution in [0, 0.1) is 18.8 Å². The minimum Gasteiger partial charge on any atom is -0.383 e. The van der Waals surface area contributed by atoms with Gasteiger partial charge in [-0.15, -0.1) is 0 Å². The Hall–Kier alpha value is -2.80. The Balaban J connectivity index is 1.91. The molecule has 1 aromatic heterocycles. The van der Waals surface area contributed by atoms with E-state index >= 15 is 0 Å². The average Bonchev–Trinajstić information content (AvgIpc) is 2.98. The van der Waals surface area contributed by atoms with Gasteiger partial charge >= 0.3 is 0 Å². The first kappa shape index (κ1) is 18.6. The maximum Gasteiger partial charge on any atom is 0.226 e. The summed E-state index contributed by atoms with van der Waals surface area (Å²) >= 11 is 0. The number of rotatable bonds is 2. The standard InChI is InChI=1S/C21H24N4O3/c1-11-22-17-14(25(11)4)10-13(21(28)24(2)3)15-18(17)23-16(20(27)19(15)26)12-8-6-5-7-9-12/h5-9,13,15-16,20,27H,10H2,1-4H3/t13?,15?,16-,20-/m1/s1. The molecule has 2 unspecified atom stereocenters. The molecule has 1 aromatic carbocycles. The first-order valence-electron chi connectivity index (χ1n) is 9.39. The van der Waals surface area contributed by atoms with Crippen molar-refractivity contribution in [3.63, 3.8) is 0 Å². The fraction of sp³-hybridized carbons (Fsp3) is 0.429. The Bertz CT molecular complexity index is 977. The number of fused-ring (bicyclic) bond motifs is 3. The Labute approximate surface area is 163 Å². The largest absolute Gasteiger partial charge is 0.383 e. The summed E-state index contributed by atoms with van der Waals surface area (Å²) in [4.78, 5) is 37.1. The first-order chi connectivity index (χ1) is 13.3. The van der Waals surface area contributed by atoms with Crippen LogP contribution in [0.3, 0.4) is 0 Å². The number of hydrogen-bond acceptors (Lipinski definition) is 5. The van der Waals surface area contributed by atoms with E-state index < -0.39 is 24.0 Å². The van der Waals surface area contributed by atoms with Gasteiger partial charge in [0.25, 0.3) is 0 Å². The summed E-state index contributed by atoms with van der Waals surface area (Å²) in [6.45, 7) is 1.89. The van der Waals surface area contributed by atoms with Crippen LogP contribution in [-0.4, -0.2) is 57.2 Å². The molecule has 1 amide bonds. The van der Waals surface area contributed by atoms with Gasteiger partial charge in [0.15, 0.2) is 5.78 Å². The molecule has 1 aliphatic carbocycles. The van der Waals surface area contributed by atoms with Crippen molar-refractivity contribution < 1.29 is 14.7 Å². The zero-order valence-electron chi connectivity index (χ0n) is 16.5. The van der Waals surface area contributed by atoms with Crippen LogP contribution in [0.5, 0.6) is 0 Å². The van der Waals surface area contributed by atoms with Crippen LogP contribution in [0.25, 0.3) is 0 Å². The Morgan fingerprint density at radius 1 is 1.25 bits per heavy atom. The molecule has 0 bridgehead atoms. The Morgan fingerprint density at radius 2 is 1.93 bits per heavy atom. The van der Waals surface area contributed by atoms with Crippen LogP contribution in [0.4, 0.5) is 0 Å². The third-order valence-electron chi connectivity index (χ3n) is 5.86. The smallest absolute Gasteiger partial charge is 0.226 e. The van der Waals surface area contributed by atoms with Crippen LogP contribution >= 0.6 is 0 Å². The highest BCUT2D eigenvalue weighted by Gasteiger charge is 2.50. The average molecular weight is 380 g/mol. The predicted molar refractivity (Wildman–Crippen MR) is 104 cm³/mol. The van der Waals surface area contributed by atoms with Crippen molar-refractivity contribution in [1.82, 2.24) is 14.5 Å². The number of ketones is 1. The molecule has 0 radical (unpaired) electrons. The topological polar surface area (TPSA) is 87.8 Å². The van der Waals surface area contributed by atoms with E-state index in [0.29, 0.717) is 17.8 Å². The minimum absolute atomic E-state index is 0.138. The number of amides is 1. The number of hydrogen-bond donors (Lipinski definition) is 1. The van der Waals surface area contributed by atoms with Crippen LogP contribution in [0.2, 0.25) is 0 Å². The fourth-order valence-corrected chi connectivity index (χ4v) is 4.26. The number of aliphatic imine (C=N–C) groups is 1. The lowest BCUT2D eigenvalue weighted by molar-refractivity contribution is -0.141. The van der Waals surface area contributed by atoms with Crippen molar-refractivity contribution in [2.75, 3.05) is 14.1 Å². The second kappa shape index (κ2) is 6.67. The molecule has 0 saturated carbocycles. The SMILES string of the molecule is Cc1nc2c(n1C)CC(C(=O)N(C)C)C1C(=O)[C@H](O)[C@@H](c3ccccc3)N=C21. The number of nitrogens with zero attached hydrogens (tertiary/aromatic N) is 4. The number of aliphatic hydroxyl groups is 1. The summed E-state index contributed by atoms with van der Waals surface area (Å²) in [7, 11) is 5.27. The van der Waals surface area contributed by atoms with Gasteiger partial charge in [-0.1, -0.05) is 30.3 Å². The maximum atomic E-state index is 13.2. The second-order valence-corrected chi connectivity index (χ2v) is 7.75. The lowest BCUT2D eigenvalue weighted by Crippen LogP contribution is -2.52. The lowest BCUT2D eigenvalue weighted by atomic mass is 9.71. The van der Waals surface area contributed by atoms with Crippen LogP contribution in [-0.2, 0) is 23.1 Å². The summed E-state index contributed by atoms with van der Waals surface area (Å²) < 4.78 is 1.96. The van der Waals surface area contributed by atoms with E-state index in [9.17, 15) is 14.7 Å². The number of aryl methyl sites for hydroxylation is 1. The molecule has 146 valence electrons. The number of benzene rings is 1. The highest BCUT2D eigenvalue weighted by atomic mass is 16.3. The van der Waals surface area contributed by atoms with E-state index in [2.05, 4.69) is 4.98 Å². The van der Waals surface area contributed by atoms with Crippen LogP contribution in [0.1, 0.15) is 28.8 Å². The summed E-state index contributed by atoms with van der Waals surface area (Å²) in [5.41, 5.74) is 2.87. The molecule has 4 rings (SSSR count). The zero-order chi connectivity index (χ0) is 20.2.